The number of amides is 1. The Hall–Kier alpha value is -3.60. The smallest absolute Gasteiger partial charge is 0.294 e. The second kappa shape index (κ2) is 6.61. The Balaban J connectivity index is 1.88. The Bertz CT molecular complexity index is 1020. The first-order chi connectivity index (χ1) is 13.1. The van der Waals surface area contributed by atoms with Crippen LogP contribution in [0.4, 0.5) is 5.69 Å². The molecule has 0 saturated carbocycles. The van der Waals surface area contributed by atoms with E-state index in [1.807, 2.05) is 37.3 Å². The predicted molar refractivity (Wildman–Crippen MR) is 101 cm³/mol. The summed E-state index contributed by atoms with van der Waals surface area (Å²) in [6, 6.07) is 18.9. The first-order valence-electron chi connectivity index (χ1n) is 8.54. The zero-order chi connectivity index (χ0) is 19.0. The van der Waals surface area contributed by atoms with Gasteiger partial charge in [0, 0.05) is 5.69 Å². The number of para-hydroxylation sites is 1. The fraction of sp³-hybridized carbons (Fsp3) is 0.0909. The number of anilines is 1. The molecule has 27 heavy (non-hydrogen) atoms. The van der Waals surface area contributed by atoms with Crippen molar-refractivity contribution in [3.8, 4) is 0 Å². The van der Waals surface area contributed by atoms with Crippen molar-refractivity contribution in [2.75, 3.05) is 4.90 Å². The summed E-state index contributed by atoms with van der Waals surface area (Å²) >= 11 is 0. The molecule has 1 aliphatic rings. The van der Waals surface area contributed by atoms with Crippen LogP contribution in [0, 0.1) is 6.92 Å². The monoisotopic (exact) mass is 359 g/mol. The molecule has 0 fully saturated rings. The highest BCUT2D eigenvalue weighted by Gasteiger charge is 2.45. The molecule has 4 rings (SSSR count). The molecular formula is C22H17NO4. The molecule has 0 saturated heterocycles. The number of aliphatic hydroxyl groups is 1. The third kappa shape index (κ3) is 2.83. The van der Waals surface area contributed by atoms with Gasteiger partial charge in [-0.2, -0.15) is 0 Å². The number of aryl methyl sites for hydroxylation is 1. The van der Waals surface area contributed by atoms with E-state index in [0.717, 1.165) is 11.1 Å². The summed E-state index contributed by atoms with van der Waals surface area (Å²) in [4.78, 5) is 27.3. The Morgan fingerprint density at radius 2 is 1.70 bits per heavy atom. The highest BCUT2D eigenvalue weighted by Crippen LogP contribution is 2.41. The summed E-state index contributed by atoms with van der Waals surface area (Å²) < 4.78 is 5.21. The van der Waals surface area contributed by atoms with Crippen molar-refractivity contribution < 1.29 is 19.1 Å². The minimum Gasteiger partial charge on any atom is -0.503 e. The van der Waals surface area contributed by atoms with Crippen LogP contribution >= 0.6 is 0 Å². The van der Waals surface area contributed by atoms with Crippen LogP contribution in [-0.2, 0) is 4.79 Å². The topological polar surface area (TPSA) is 70.7 Å². The van der Waals surface area contributed by atoms with Crippen LogP contribution in [-0.4, -0.2) is 16.8 Å². The molecule has 3 aromatic rings. The van der Waals surface area contributed by atoms with E-state index in [2.05, 4.69) is 0 Å². The summed E-state index contributed by atoms with van der Waals surface area (Å²) in [5.74, 6) is -1.58. The van der Waals surface area contributed by atoms with E-state index in [1.165, 1.54) is 17.2 Å². The molecule has 0 aliphatic carbocycles. The summed E-state index contributed by atoms with van der Waals surface area (Å²) in [7, 11) is 0. The number of Topliss-reactive ketones (excluding diaryl/α,β-unsaturated/α-hetero) is 1. The Morgan fingerprint density at radius 1 is 1.00 bits per heavy atom. The lowest BCUT2D eigenvalue weighted by Crippen LogP contribution is -2.31. The maximum absolute atomic E-state index is 13.0. The van der Waals surface area contributed by atoms with Gasteiger partial charge in [0.15, 0.2) is 11.5 Å². The quantitative estimate of drug-likeness (QED) is 0.702. The minimum absolute atomic E-state index is 0.0163. The van der Waals surface area contributed by atoms with Crippen molar-refractivity contribution in [1.82, 2.24) is 0 Å². The lowest BCUT2D eigenvalue weighted by Gasteiger charge is -2.26. The Kier molecular flexibility index (Phi) is 4.12. The minimum atomic E-state index is -0.738. The zero-order valence-electron chi connectivity index (χ0n) is 14.6. The molecular weight excluding hydrogens is 342 g/mol. The third-order valence-electron chi connectivity index (χ3n) is 4.63. The molecule has 2 heterocycles. The van der Waals surface area contributed by atoms with Gasteiger partial charge in [0.25, 0.3) is 5.91 Å². The maximum atomic E-state index is 13.0. The van der Waals surface area contributed by atoms with Gasteiger partial charge in [-0.25, -0.2) is 0 Å². The van der Waals surface area contributed by atoms with Gasteiger partial charge in [-0.05, 0) is 36.8 Å². The normalized spacial score (nSPS) is 16.9. The predicted octanol–water partition coefficient (Wildman–Crippen LogP) is 4.37. The van der Waals surface area contributed by atoms with Crippen molar-refractivity contribution in [3.05, 3.63) is 101 Å². The molecule has 0 radical (unpaired) electrons. The lowest BCUT2D eigenvalue weighted by atomic mass is 9.94. The van der Waals surface area contributed by atoms with E-state index < -0.39 is 23.5 Å². The van der Waals surface area contributed by atoms with Crippen molar-refractivity contribution in [2.24, 2.45) is 0 Å². The number of carbonyl (C=O) groups is 2. The molecule has 2 aromatic carbocycles. The zero-order valence-corrected chi connectivity index (χ0v) is 14.6. The molecule has 0 spiro atoms. The first-order valence-corrected chi connectivity index (χ1v) is 8.54. The summed E-state index contributed by atoms with van der Waals surface area (Å²) in [6.45, 7) is 1.96. The molecule has 134 valence electrons. The Labute approximate surface area is 156 Å². The van der Waals surface area contributed by atoms with Crippen LogP contribution in [0.25, 0.3) is 0 Å². The van der Waals surface area contributed by atoms with Gasteiger partial charge in [-0.3, -0.25) is 14.5 Å². The number of carbonyl (C=O) groups excluding carboxylic acids is 2. The average Bonchev–Trinajstić information content (AvgIpc) is 3.31. The van der Waals surface area contributed by atoms with Gasteiger partial charge < -0.3 is 9.52 Å². The molecule has 1 atom stereocenters. The van der Waals surface area contributed by atoms with Crippen LogP contribution in [0.5, 0.6) is 0 Å². The van der Waals surface area contributed by atoms with E-state index in [-0.39, 0.29) is 11.3 Å². The molecule has 1 amide bonds. The summed E-state index contributed by atoms with van der Waals surface area (Å²) in [5, 5.41) is 10.6. The maximum Gasteiger partial charge on any atom is 0.294 e. The van der Waals surface area contributed by atoms with Crippen molar-refractivity contribution in [2.45, 2.75) is 13.0 Å². The highest BCUT2D eigenvalue weighted by molar-refractivity contribution is 6.20. The number of hydrogen-bond donors (Lipinski definition) is 1. The Morgan fingerprint density at radius 3 is 2.33 bits per heavy atom. The molecule has 5 nitrogen and oxygen atoms in total. The second-order valence-corrected chi connectivity index (χ2v) is 6.39. The molecule has 1 aliphatic heterocycles. The number of aliphatic hydroxyl groups excluding tert-OH is 1. The van der Waals surface area contributed by atoms with Gasteiger partial charge in [-0.15, -0.1) is 0 Å². The molecule has 1 unspecified atom stereocenters. The average molecular weight is 359 g/mol. The third-order valence-corrected chi connectivity index (χ3v) is 4.63. The van der Waals surface area contributed by atoms with Crippen molar-refractivity contribution in [3.63, 3.8) is 0 Å². The number of furan rings is 1. The number of rotatable bonds is 4. The number of ketones is 1. The number of hydrogen-bond acceptors (Lipinski definition) is 4. The molecule has 1 N–H and O–H groups in total. The largest absolute Gasteiger partial charge is 0.503 e. The number of benzene rings is 2. The fourth-order valence-corrected chi connectivity index (χ4v) is 3.30. The van der Waals surface area contributed by atoms with Gasteiger partial charge >= 0.3 is 0 Å². The van der Waals surface area contributed by atoms with Gasteiger partial charge in [0.2, 0.25) is 5.78 Å². The highest BCUT2D eigenvalue weighted by atomic mass is 16.3. The summed E-state index contributed by atoms with van der Waals surface area (Å²) in [6.07, 6.45) is 1.39. The second-order valence-electron chi connectivity index (χ2n) is 6.39. The van der Waals surface area contributed by atoms with Gasteiger partial charge in [0.1, 0.15) is 0 Å². The SMILES string of the molecule is Cc1ccc(C2C(C(=O)c3ccco3)=C(O)C(=O)N2c2ccccc2)cc1. The van der Waals surface area contributed by atoms with Crippen LogP contribution in [0.15, 0.2) is 88.7 Å². The van der Waals surface area contributed by atoms with E-state index in [0.29, 0.717) is 5.69 Å². The number of nitrogens with zero attached hydrogens (tertiary/aromatic N) is 1. The summed E-state index contributed by atoms with van der Waals surface area (Å²) in [5.41, 5.74) is 2.41. The molecule has 1 aromatic heterocycles. The standard InChI is InChI=1S/C22H17NO4/c1-14-9-11-15(12-10-14)19-18(20(24)17-8-5-13-27-17)21(25)22(26)23(19)16-6-3-2-4-7-16/h2-13,19,25H,1H3. The van der Waals surface area contributed by atoms with Crippen LogP contribution in [0.1, 0.15) is 27.7 Å². The molecule has 0 bridgehead atoms. The van der Waals surface area contributed by atoms with Crippen molar-refractivity contribution >= 4 is 17.4 Å². The van der Waals surface area contributed by atoms with Crippen molar-refractivity contribution in [1.29, 1.82) is 0 Å². The van der Waals surface area contributed by atoms with Crippen LogP contribution in [0.2, 0.25) is 0 Å². The molecule has 5 heteroatoms. The van der Waals surface area contributed by atoms with Crippen LogP contribution in [0.3, 0.4) is 0 Å². The van der Waals surface area contributed by atoms with Gasteiger partial charge in [0.05, 0.1) is 17.9 Å². The van der Waals surface area contributed by atoms with E-state index >= 15 is 0 Å². The first kappa shape index (κ1) is 16.8. The van der Waals surface area contributed by atoms with Crippen LogP contribution < -0.4 is 4.90 Å². The van der Waals surface area contributed by atoms with E-state index in [1.54, 1.807) is 30.3 Å². The van der Waals surface area contributed by atoms with Gasteiger partial charge in [-0.1, -0.05) is 48.0 Å². The van der Waals surface area contributed by atoms with E-state index in [9.17, 15) is 14.7 Å². The lowest BCUT2D eigenvalue weighted by molar-refractivity contribution is -0.117. The fourth-order valence-electron chi connectivity index (χ4n) is 3.30. The van der Waals surface area contributed by atoms with E-state index in [4.69, 9.17) is 4.42 Å².